The molecule has 0 amide bonds. The van der Waals surface area contributed by atoms with Crippen molar-refractivity contribution in [1.82, 2.24) is 9.80 Å². The van der Waals surface area contributed by atoms with Gasteiger partial charge in [0.2, 0.25) is 0 Å². The van der Waals surface area contributed by atoms with E-state index in [0.717, 1.165) is 39.3 Å². The average Bonchev–Trinajstić information content (AvgIpc) is 2.06. The molecule has 16 heavy (non-hydrogen) atoms. The zero-order chi connectivity index (χ0) is 10.6. The summed E-state index contributed by atoms with van der Waals surface area (Å²) in [6, 6.07) is 0. The fourth-order valence-corrected chi connectivity index (χ4v) is 1.90. The van der Waals surface area contributed by atoms with Gasteiger partial charge in [-0.2, -0.15) is 0 Å². The number of rotatable bonds is 4. The fraction of sp³-hybridized carbons (Fsp3) is 1.00. The highest BCUT2D eigenvalue weighted by molar-refractivity contribution is 5.85. The van der Waals surface area contributed by atoms with E-state index in [4.69, 9.17) is 0 Å². The minimum atomic E-state index is -0.238. The van der Waals surface area contributed by atoms with Crippen LogP contribution in [0.4, 0.5) is 0 Å². The molecule has 0 spiro atoms. The summed E-state index contributed by atoms with van der Waals surface area (Å²) in [4.78, 5) is 4.53. The number of piperazine rings is 1. The third-order valence-corrected chi connectivity index (χ3v) is 2.51. The molecule has 0 radical (unpaired) electrons. The molecule has 0 aromatic carbocycles. The molecule has 1 aliphatic heterocycles. The minimum Gasteiger partial charge on any atom is -0.392 e. The smallest absolute Gasteiger partial charge is 0.0639 e. The number of hydrogen-bond acceptors (Lipinski definition) is 4. The molecule has 1 heterocycles. The molecule has 1 rings (SSSR count). The summed E-state index contributed by atoms with van der Waals surface area (Å²) in [6.45, 7) is 9.17. The van der Waals surface area contributed by atoms with Crippen LogP contribution in [0.2, 0.25) is 0 Å². The van der Waals surface area contributed by atoms with Crippen LogP contribution in [0.25, 0.3) is 0 Å². The summed E-state index contributed by atoms with van der Waals surface area (Å²) in [7, 11) is 0. The molecule has 0 bridgehead atoms. The predicted octanol–water partition coefficient (Wildman–Crippen LogP) is 0.209. The van der Waals surface area contributed by atoms with Crippen LogP contribution in [-0.2, 0) is 0 Å². The van der Waals surface area contributed by atoms with Gasteiger partial charge in [0.15, 0.2) is 0 Å². The number of aliphatic hydroxyl groups is 2. The van der Waals surface area contributed by atoms with Crippen molar-refractivity contribution in [1.29, 1.82) is 0 Å². The van der Waals surface area contributed by atoms with E-state index in [0.29, 0.717) is 0 Å². The van der Waals surface area contributed by atoms with Crippen LogP contribution in [0.1, 0.15) is 13.8 Å². The standard InChI is InChI=1S/C10H22N2O2.2ClH/c1-9(13)7-11-3-5-12(6-4-11)8-10(2)14;;/h9-10,13-14H,3-8H2,1-2H3;2*1H. The average molecular weight is 275 g/mol. The second-order valence-electron chi connectivity index (χ2n) is 4.30. The maximum Gasteiger partial charge on any atom is 0.0639 e. The van der Waals surface area contributed by atoms with Crippen LogP contribution in [0.15, 0.2) is 0 Å². The van der Waals surface area contributed by atoms with E-state index in [1.807, 2.05) is 13.8 Å². The summed E-state index contributed by atoms with van der Waals surface area (Å²) in [5, 5.41) is 18.4. The van der Waals surface area contributed by atoms with E-state index in [2.05, 4.69) is 9.80 Å². The molecule has 2 atom stereocenters. The van der Waals surface area contributed by atoms with Gasteiger partial charge in [-0.1, -0.05) is 0 Å². The second-order valence-corrected chi connectivity index (χ2v) is 4.30. The molecule has 1 saturated heterocycles. The normalized spacial score (nSPS) is 21.8. The molecular weight excluding hydrogens is 251 g/mol. The monoisotopic (exact) mass is 274 g/mol. The van der Waals surface area contributed by atoms with E-state index < -0.39 is 0 Å². The molecule has 4 nitrogen and oxygen atoms in total. The van der Waals surface area contributed by atoms with Gasteiger partial charge in [-0.25, -0.2) is 0 Å². The van der Waals surface area contributed by atoms with Crippen molar-refractivity contribution in [2.75, 3.05) is 39.3 Å². The first-order valence-electron chi connectivity index (χ1n) is 5.38. The van der Waals surface area contributed by atoms with Gasteiger partial charge in [-0.05, 0) is 13.8 Å². The van der Waals surface area contributed by atoms with Gasteiger partial charge < -0.3 is 10.2 Å². The highest BCUT2D eigenvalue weighted by Crippen LogP contribution is 2.03. The zero-order valence-corrected chi connectivity index (χ0v) is 11.6. The molecule has 0 aromatic rings. The molecule has 2 N–H and O–H groups in total. The molecule has 2 unspecified atom stereocenters. The van der Waals surface area contributed by atoms with Gasteiger partial charge >= 0.3 is 0 Å². The Morgan fingerprint density at radius 3 is 1.25 bits per heavy atom. The Kier molecular flexibility index (Phi) is 11.1. The Labute approximate surface area is 110 Å². The third kappa shape index (κ3) is 7.65. The minimum absolute atomic E-state index is 0. The Hall–Kier alpha value is 0.420. The molecule has 1 aliphatic rings. The van der Waals surface area contributed by atoms with Crippen molar-refractivity contribution in [3.63, 3.8) is 0 Å². The van der Waals surface area contributed by atoms with Crippen LogP contribution in [-0.4, -0.2) is 71.5 Å². The number of nitrogens with zero attached hydrogens (tertiary/aromatic N) is 2. The van der Waals surface area contributed by atoms with Crippen molar-refractivity contribution < 1.29 is 10.2 Å². The highest BCUT2D eigenvalue weighted by Gasteiger charge is 2.18. The zero-order valence-electron chi connectivity index (χ0n) is 10.0. The summed E-state index contributed by atoms with van der Waals surface area (Å²) in [5.41, 5.74) is 0. The van der Waals surface area contributed by atoms with Crippen molar-refractivity contribution >= 4 is 24.8 Å². The van der Waals surface area contributed by atoms with Gasteiger partial charge in [0.05, 0.1) is 12.2 Å². The first-order chi connectivity index (χ1) is 6.58. The number of hydrogen-bond donors (Lipinski definition) is 2. The van der Waals surface area contributed by atoms with Crippen molar-refractivity contribution in [2.24, 2.45) is 0 Å². The molecule has 0 saturated carbocycles. The quantitative estimate of drug-likeness (QED) is 0.770. The Balaban J connectivity index is 0. The fourth-order valence-electron chi connectivity index (χ4n) is 1.90. The van der Waals surface area contributed by atoms with Crippen LogP contribution >= 0.6 is 24.8 Å². The van der Waals surface area contributed by atoms with E-state index in [9.17, 15) is 10.2 Å². The van der Waals surface area contributed by atoms with Gasteiger partial charge in [0.25, 0.3) is 0 Å². The van der Waals surface area contributed by atoms with Crippen molar-refractivity contribution in [2.45, 2.75) is 26.1 Å². The Morgan fingerprint density at radius 2 is 1.06 bits per heavy atom. The lowest BCUT2D eigenvalue weighted by atomic mass is 10.2. The van der Waals surface area contributed by atoms with E-state index >= 15 is 0 Å². The van der Waals surface area contributed by atoms with Gasteiger partial charge in [0.1, 0.15) is 0 Å². The molecule has 0 aliphatic carbocycles. The number of aliphatic hydroxyl groups excluding tert-OH is 2. The first-order valence-corrected chi connectivity index (χ1v) is 5.38. The predicted molar refractivity (Wildman–Crippen MR) is 70.7 cm³/mol. The first kappa shape index (κ1) is 18.8. The maximum atomic E-state index is 9.22. The summed E-state index contributed by atoms with van der Waals surface area (Å²) in [5.74, 6) is 0. The van der Waals surface area contributed by atoms with Crippen LogP contribution in [0.5, 0.6) is 0 Å². The second kappa shape index (κ2) is 9.45. The van der Waals surface area contributed by atoms with Crippen molar-refractivity contribution in [3.05, 3.63) is 0 Å². The molecular formula is C10H24Cl2N2O2. The lowest BCUT2D eigenvalue weighted by molar-refractivity contribution is 0.0576. The van der Waals surface area contributed by atoms with Crippen LogP contribution in [0, 0.1) is 0 Å². The molecule has 100 valence electrons. The Bertz CT molecular complexity index is 145. The summed E-state index contributed by atoms with van der Waals surface area (Å²) in [6.07, 6.45) is -0.475. The van der Waals surface area contributed by atoms with Gasteiger partial charge in [-0.3, -0.25) is 9.80 Å². The SMILES string of the molecule is CC(O)CN1CCN(CC(C)O)CC1.Cl.Cl. The molecule has 0 aromatic heterocycles. The van der Waals surface area contributed by atoms with Crippen LogP contribution < -0.4 is 0 Å². The topological polar surface area (TPSA) is 46.9 Å². The molecule has 6 heteroatoms. The van der Waals surface area contributed by atoms with Gasteiger partial charge in [0, 0.05) is 39.3 Å². The summed E-state index contributed by atoms with van der Waals surface area (Å²) < 4.78 is 0. The lowest BCUT2D eigenvalue weighted by Crippen LogP contribution is -2.49. The number of halogens is 2. The van der Waals surface area contributed by atoms with E-state index in [1.54, 1.807) is 0 Å². The van der Waals surface area contributed by atoms with Gasteiger partial charge in [-0.15, -0.1) is 24.8 Å². The molecule has 1 fully saturated rings. The highest BCUT2D eigenvalue weighted by atomic mass is 35.5. The van der Waals surface area contributed by atoms with Crippen LogP contribution in [0.3, 0.4) is 0 Å². The lowest BCUT2D eigenvalue weighted by Gasteiger charge is -2.35. The summed E-state index contributed by atoms with van der Waals surface area (Å²) >= 11 is 0. The van der Waals surface area contributed by atoms with E-state index in [-0.39, 0.29) is 37.0 Å². The Morgan fingerprint density at radius 1 is 0.812 bits per heavy atom. The van der Waals surface area contributed by atoms with Crippen molar-refractivity contribution in [3.8, 4) is 0 Å². The third-order valence-electron chi connectivity index (χ3n) is 2.51. The van der Waals surface area contributed by atoms with E-state index in [1.165, 1.54) is 0 Å². The largest absolute Gasteiger partial charge is 0.392 e. The maximum absolute atomic E-state index is 9.22. The number of β-amino-alcohol motifs (C(OH)–C–C–N with tert-alkyl or cyclic N) is 2.